The number of hydrogen-bond acceptors (Lipinski definition) is 5. The Morgan fingerprint density at radius 1 is 1.42 bits per heavy atom. The molecule has 0 bridgehead atoms. The lowest BCUT2D eigenvalue weighted by atomic mass is 10.3. The summed E-state index contributed by atoms with van der Waals surface area (Å²) in [6, 6.07) is 4.87. The molecule has 0 atom stereocenters. The zero-order valence-electron chi connectivity index (χ0n) is 10.5. The van der Waals surface area contributed by atoms with Crippen molar-refractivity contribution in [1.82, 2.24) is 4.90 Å². The van der Waals surface area contributed by atoms with Gasteiger partial charge in [0.25, 0.3) is 5.69 Å². The first-order valence-electron chi connectivity index (χ1n) is 6.15. The van der Waals surface area contributed by atoms with Crippen LogP contribution in [0.4, 0.5) is 11.4 Å². The Hall–Kier alpha value is -0.930. The van der Waals surface area contributed by atoms with Gasteiger partial charge in [0.1, 0.15) is 0 Å². The predicted molar refractivity (Wildman–Crippen MR) is 81.6 cm³/mol. The zero-order valence-corrected chi connectivity index (χ0v) is 12.6. The van der Waals surface area contributed by atoms with E-state index in [1.54, 1.807) is 12.1 Å². The van der Waals surface area contributed by atoms with Crippen molar-refractivity contribution in [3.8, 4) is 0 Å². The number of nitrogens with one attached hydrogen (secondary N) is 1. The number of rotatable bonds is 5. The molecule has 1 aromatic carbocycles. The van der Waals surface area contributed by atoms with Gasteiger partial charge in [-0.25, -0.2) is 0 Å². The Morgan fingerprint density at radius 2 is 2.16 bits per heavy atom. The zero-order chi connectivity index (χ0) is 13.7. The van der Waals surface area contributed by atoms with E-state index in [1.165, 1.54) is 6.07 Å². The van der Waals surface area contributed by atoms with E-state index in [4.69, 9.17) is 4.74 Å². The second kappa shape index (κ2) is 7.01. The van der Waals surface area contributed by atoms with Crippen LogP contribution in [0.1, 0.15) is 0 Å². The van der Waals surface area contributed by atoms with Gasteiger partial charge in [0.15, 0.2) is 0 Å². The van der Waals surface area contributed by atoms with Crippen molar-refractivity contribution < 1.29 is 9.66 Å². The molecule has 1 aliphatic rings. The molecule has 19 heavy (non-hydrogen) atoms. The Bertz CT molecular complexity index is 450. The van der Waals surface area contributed by atoms with Crippen molar-refractivity contribution in [2.45, 2.75) is 0 Å². The number of hydrogen-bond donors (Lipinski definition) is 1. The maximum Gasteiger partial charge on any atom is 0.270 e. The minimum atomic E-state index is -0.375. The molecule has 104 valence electrons. The van der Waals surface area contributed by atoms with Crippen molar-refractivity contribution in [3.63, 3.8) is 0 Å². The van der Waals surface area contributed by atoms with Gasteiger partial charge in [-0.05, 0) is 28.7 Å². The molecule has 0 saturated carbocycles. The Balaban J connectivity index is 1.83. The molecule has 0 radical (unpaired) electrons. The van der Waals surface area contributed by atoms with Crippen molar-refractivity contribution in [2.24, 2.45) is 0 Å². The molecule has 0 aromatic heterocycles. The van der Waals surface area contributed by atoms with E-state index in [1.807, 2.05) is 0 Å². The molecule has 0 aliphatic carbocycles. The Morgan fingerprint density at radius 3 is 2.79 bits per heavy atom. The summed E-state index contributed by atoms with van der Waals surface area (Å²) in [6.07, 6.45) is 0. The van der Waals surface area contributed by atoms with Crippen LogP contribution in [0, 0.1) is 13.7 Å². The largest absolute Gasteiger partial charge is 0.383 e. The summed E-state index contributed by atoms with van der Waals surface area (Å²) in [6.45, 7) is 5.33. The number of benzene rings is 1. The molecule has 2 rings (SSSR count). The molecular formula is C12H16IN3O3. The molecule has 1 aliphatic heterocycles. The third kappa shape index (κ3) is 4.29. The van der Waals surface area contributed by atoms with E-state index >= 15 is 0 Å². The normalized spacial score (nSPS) is 16.3. The lowest BCUT2D eigenvalue weighted by molar-refractivity contribution is -0.384. The first-order chi connectivity index (χ1) is 9.16. The van der Waals surface area contributed by atoms with Crippen LogP contribution in [-0.4, -0.2) is 49.2 Å². The fourth-order valence-corrected chi connectivity index (χ4v) is 2.62. The van der Waals surface area contributed by atoms with Crippen LogP contribution in [0.3, 0.4) is 0 Å². The fraction of sp³-hybridized carbons (Fsp3) is 0.500. The highest BCUT2D eigenvalue weighted by Gasteiger charge is 2.11. The highest BCUT2D eigenvalue weighted by molar-refractivity contribution is 14.1. The first-order valence-corrected chi connectivity index (χ1v) is 7.22. The summed E-state index contributed by atoms with van der Waals surface area (Å²) < 4.78 is 6.16. The second-order valence-corrected chi connectivity index (χ2v) is 5.46. The summed E-state index contributed by atoms with van der Waals surface area (Å²) in [5, 5.41) is 14.0. The highest BCUT2D eigenvalue weighted by atomic mass is 127. The fourth-order valence-electron chi connectivity index (χ4n) is 1.93. The van der Waals surface area contributed by atoms with Crippen LogP contribution in [0.5, 0.6) is 0 Å². The van der Waals surface area contributed by atoms with E-state index in [0.717, 1.165) is 48.7 Å². The van der Waals surface area contributed by atoms with E-state index in [-0.39, 0.29) is 10.6 Å². The lowest BCUT2D eigenvalue weighted by Crippen LogP contribution is -2.39. The molecule has 1 N–H and O–H groups in total. The third-order valence-electron chi connectivity index (χ3n) is 3.01. The number of nitro groups is 1. The van der Waals surface area contributed by atoms with Crippen LogP contribution in [-0.2, 0) is 4.74 Å². The number of anilines is 1. The lowest BCUT2D eigenvalue weighted by Gasteiger charge is -2.26. The number of ether oxygens (including phenoxy) is 1. The third-order valence-corrected chi connectivity index (χ3v) is 3.90. The smallest absolute Gasteiger partial charge is 0.270 e. The van der Waals surface area contributed by atoms with Crippen molar-refractivity contribution in [3.05, 3.63) is 31.9 Å². The van der Waals surface area contributed by atoms with Gasteiger partial charge in [-0.2, -0.15) is 0 Å². The maximum absolute atomic E-state index is 10.6. The van der Waals surface area contributed by atoms with Gasteiger partial charge >= 0.3 is 0 Å². The SMILES string of the molecule is O=[N+]([O-])c1ccc(NCCN2CCOCC2)c(I)c1. The van der Waals surface area contributed by atoms with Crippen LogP contribution in [0.2, 0.25) is 0 Å². The van der Waals surface area contributed by atoms with Gasteiger partial charge in [0.2, 0.25) is 0 Å². The molecule has 0 amide bonds. The maximum atomic E-state index is 10.6. The molecule has 0 spiro atoms. The van der Waals surface area contributed by atoms with Crippen molar-refractivity contribution in [2.75, 3.05) is 44.7 Å². The molecule has 1 saturated heterocycles. The average Bonchev–Trinajstić information content (AvgIpc) is 2.41. The van der Waals surface area contributed by atoms with Gasteiger partial charge in [0.05, 0.1) is 18.1 Å². The quantitative estimate of drug-likeness (QED) is 0.483. The summed E-state index contributed by atoms with van der Waals surface area (Å²) in [5.74, 6) is 0. The molecule has 1 heterocycles. The van der Waals surface area contributed by atoms with Crippen LogP contribution < -0.4 is 5.32 Å². The predicted octanol–water partition coefficient (Wildman–Crippen LogP) is 1.94. The Kier molecular flexibility index (Phi) is 5.34. The van der Waals surface area contributed by atoms with Gasteiger partial charge in [0, 0.05) is 47.6 Å². The molecule has 7 heteroatoms. The molecular weight excluding hydrogens is 361 g/mol. The van der Waals surface area contributed by atoms with E-state index in [0.29, 0.717) is 0 Å². The van der Waals surface area contributed by atoms with Crippen LogP contribution in [0.15, 0.2) is 18.2 Å². The van der Waals surface area contributed by atoms with Gasteiger partial charge in [-0.1, -0.05) is 0 Å². The van der Waals surface area contributed by atoms with Gasteiger partial charge < -0.3 is 10.1 Å². The first kappa shape index (κ1) is 14.5. The summed E-state index contributed by atoms with van der Waals surface area (Å²) in [4.78, 5) is 12.6. The second-order valence-electron chi connectivity index (χ2n) is 4.30. The van der Waals surface area contributed by atoms with Gasteiger partial charge in [-0.3, -0.25) is 15.0 Å². The molecule has 1 aromatic rings. The van der Waals surface area contributed by atoms with E-state index in [9.17, 15) is 10.1 Å². The van der Waals surface area contributed by atoms with E-state index < -0.39 is 0 Å². The van der Waals surface area contributed by atoms with E-state index in [2.05, 4.69) is 32.8 Å². The molecule has 6 nitrogen and oxygen atoms in total. The number of halogens is 1. The number of nitro benzene ring substituents is 1. The molecule has 0 unspecified atom stereocenters. The number of morpholine rings is 1. The average molecular weight is 377 g/mol. The van der Waals surface area contributed by atoms with Crippen LogP contribution in [0.25, 0.3) is 0 Å². The topological polar surface area (TPSA) is 67.6 Å². The Labute approximate surface area is 125 Å². The van der Waals surface area contributed by atoms with Crippen molar-refractivity contribution >= 4 is 34.0 Å². The van der Waals surface area contributed by atoms with Gasteiger partial charge in [-0.15, -0.1) is 0 Å². The molecule has 1 fully saturated rings. The minimum Gasteiger partial charge on any atom is -0.383 e. The summed E-state index contributed by atoms with van der Waals surface area (Å²) in [5.41, 5.74) is 1.07. The number of nitrogens with zero attached hydrogens (tertiary/aromatic N) is 2. The minimum absolute atomic E-state index is 0.128. The summed E-state index contributed by atoms with van der Waals surface area (Å²) >= 11 is 2.11. The highest BCUT2D eigenvalue weighted by Crippen LogP contribution is 2.23. The monoisotopic (exact) mass is 377 g/mol. The van der Waals surface area contributed by atoms with Crippen LogP contribution >= 0.6 is 22.6 Å². The number of non-ortho nitro benzene ring substituents is 1. The standard InChI is InChI=1S/C12H16IN3O3/c13-11-9-10(16(17)18)1-2-12(11)14-3-4-15-5-7-19-8-6-15/h1-2,9,14H,3-8H2. The van der Waals surface area contributed by atoms with Crippen molar-refractivity contribution in [1.29, 1.82) is 0 Å². The summed E-state index contributed by atoms with van der Waals surface area (Å²) in [7, 11) is 0.